The molecule has 4 aromatic rings. The number of nitrogens with zero attached hydrogens (tertiary/aromatic N) is 10. The third kappa shape index (κ3) is 13.6. The molecule has 4 aromatic carbocycles. The molecule has 16 nitrogen and oxygen atoms in total. The van der Waals surface area contributed by atoms with Gasteiger partial charge < -0.3 is 18.9 Å². The molecule has 28 heteroatoms. The van der Waals surface area contributed by atoms with E-state index in [0.29, 0.717) is 35.4 Å². The van der Waals surface area contributed by atoms with Gasteiger partial charge in [0.25, 0.3) is 0 Å². The first-order valence-electron chi connectivity index (χ1n) is 21.1. The lowest BCUT2D eigenvalue weighted by molar-refractivity contribution is -0.186. The maximum atomic E-state index is 13.5. The lowest BCUT2D eigenvalue weighted by Crippen LogP contribution is -2.41. The van der Waals surface area contributed by atoms with Crippen LogP contribution in [0.2, 0.25) is 0 Å². The minimum absolute atomic E-state index is 0.00959. The molecule has 0 radical (unpaired) electrons. The zero-order valence-electron chi connectivity index (χ0n) is 37.9. The molecule has 0 aromatic heterocycles. The van der Waals surface area contributed by atoms with Crippen molar-refractivity contribution in [1.29, 1.82) is 0 Å². The monoisotopic (exact) mass is 1030 g/mol. The van der Waals surface area contributed by atoms with Gasteiger partial charge in [-0.15, -0.1) is 0 Å². The SMILES string of the molecule is CC(c1ccccc1OCc1cc(C(F)(F)F)cc(C(F)(F)F)c1)N(C)CCC1(OC(=O)C(=O)OC2(CCN(C)C(C)c3ccccc3OCc3cc(C(F)(F)F)cc(C(F)(F)F)c3)N=NN=N2)N=NN=N1. The predicted octanol–water partition coefficient (Wildman–Crippen LogP) is 12.4. The fourth-order valence-electron chi connectivity index (χ4n) is 7.11. The highest BCUT2D eigenvalue weighted by Gasteiger charge is 2.45. The summed E-state index contributed by atoms with van der Waals surface area (Å²) in [5.41, 5.74) is -5.87. The van der Waals surface area contributed by atoms with Gasteiger partial charge in [0, 0.05) is 49.1 Å². The first kappa shape index (κ1) is 54.2. The Balaban J connectivity index is 1.06. The van der Waals surface area contributed by atoms with Gasteiger partial charge in [0.15, 0.2) is 0 Å². The molecule has 0 amide bonds. The Labute approximate surface area is 400 Å². The molecule has 0 fully saturated rings. The first-order valence-corrected chi connectivity index (χ1v) is 21.1. The minimum Gasteiger partial charge on any atom is -0.489 e. The third-order valence-corrected chi connectivity index (χ3v) is 11.3. The highest BCUT2D eigenvalue weighted by atomic mass is 19.4. The van der Waals surface area contributed by atoms with Crippen molar-refractivity contribution in [2.45, 2.75) is 88.4 Å². The average Bonchev–Trinajstić information content (AvgIpc) is 3.99. The number of carbonyl (C=O) groups excluding carboxylic acids is 2. The van der Waals surface area contributed by atoms with Crippen LogP contribution in [0, 0.1) is 0 Å². The Kier molecular flexibility index (Phi) is 16.1. The summed E-state index contributed by atoms with van der Waals surface area (Å²) in [4.78, 5) is 29.8. The minimum atomic E-state index is -5.06. The molecule has 2 unspecified atom stereocenters. The van der Waals surface area contributed by atoms with Crippen molar-refractivity contribution in [2.24, 2.45) is 41.4 Å². The molecule has 0 aliphatic carbocycles. The number of carbonyl (C=O) groups is 2. The molecule has 2 aliphatic rings. The van der Waals surface area contributed by atoms with E-state index in [2.05, 4.69) is 41.4 Å². The van der Waals surface area contributed by atoms with Crippen LogP contribution in [-0.4, -0.2) is 60.6 Å². The highest BCUT2D eigenvalue weighted by Crippen LogP contribution is 2.40. The summed E-state index contributed by atoms with van der Waals surface area (Å²) < 4.78 is 184. The van der Waals surface area contributed by atoms with Crippen molar-refractivity contribution >= 4 is 11.9 Å². The quantitative estimate of drug-likeness (QED) is 0.0537. The average molecular weight is 1030 g/mol. The molecule has 0 bridgehead atoms. The molecular formula is C44H40F12N10O6. The van der Waals surface area contributed by atoms with Crippen LogP contribution < -0.4 is 9.47 Å². The van der Waals surface area contributed by atoms with E-state index < -0.39 is 95.9 Å². The van der Waals surface area contributed by atoms with Gasteiger partial charge in [0.1, 0.15) is 24.7 Å². The number of hydrogen-bond donors (Lipinski definition) is 0. The lowest BCUT2D eigenvalue weighted by atomic mass is 10.0. The van der Waals surface area contributed by atoms with E-state index in [-0.39, 0.29) is 60.7 Å². The van der Waals surface area contributed by atoms with Crippen molar-refractivity contribution < 1.29 is 81.2 Å². The van der Waals surface area contributed by atoms with Gasteiger partial charge in [-0.05, 0) is 108 Å². The molecule has 2 aliphatic heterocycles. The zero-order chi connectivity index (χ0) is 52.9. The summed E-state index contributed by atoms with van der Waals surface area (Å²) in [6, 6.07) is 13.6. The van der Waals surface area contributed by atoms with Crippen LogP contribution in [0.25, 0.3) is 0 Å². The number of ether oxygens (including phenoxy) is 4. The predicted molar refractivity (Wildman–Crippen MR) is 223 cm³/mol. The van der Waals surface area contributed by atoms with Crippen molar-refractivity contribution in [3.8, 4) is 11.5 Å². The van der Waals surface area contributed by atoms with Gasteiger partial charge >= 0.3 is 48.3 Å². The molecule has 2 heterocycles. The molecule has 0 saturated heterocycles. The van der Waals surface area contributed by atoms with E-state index in [1.54, 1.807) is 74.1 Å². The van der Waals surface area contributed by atoms with Crippen LogP contribution >= 0.6 is 0 Å². The van der Waals surface area contributed by atoms with Crippen LogP contribution in [-0.2, 0) is 57.0 Å². The van der Waals surface area contributed by atoms with Gasteiger partial charge in [-0.2, -0.15) is 52.7 Å². The van der Waals surface area contributed by atoms with E-state index in [4.69, 9.17) is 18.9 Å². The molecule has 6 rings (SSSR count). The Hall–Kier alpha value is -7.10. The maximum Gasteiger partial charge on any atom is 0.421 e. The van der Waals surface area contributed by atoms with Gasteiger partial charge in [0.2, 0.25) is 0 Å². The Bertz CT molecular complexity index is 2460. The van der Waals surface area contributed by atoms with Crippen molar-refractivity contribution in [2.75, 3.05) is 27.2 Å². The summed E-state index contributed by atoms with van der Waals surface area (Å²) in [7, 11) is 3.22. The van der Waals surface area contributed by atoms with Crippen LogP contribution in [0.3, 0.4) is 0 Å². The Morgan fingerprint density at radius 2 is 0.792 bits per heavy atom. The second kappa shape index (κ2) is 21.3. The van der Waals surface area contributed by atoms with Gasteiger partial charge in [-0.25, -0.2) is 9.59 Å². The molecule has 0 saturated carbocycles. The number of alkyl halides is 12. The van der Waals surface area contributed by atoms with Crippen LogP contribution in [0.15, 0.2) is 126 Å². The molecule has 0 spiro atoms. The lowest BCUT2D eigenvalue weighted by Gasteiger charge is -2.29. The summed E-state index contributed by atoms with van der Waals surface area (Å²) in [5.74, 6) is -7.39. The largest absolute Gasteiger partial charge is 0.489 e. The molecule has 2 atom stereocenters. The van der Waals surface area contributed by atoms with E-state index in [0.717, 1.165) is 0 Å². The van der Waals surface area contributed by atoms with Gasteiger partial charge in [-0.3, -0.25) is 9.80 Å². The summed E-state index contributed by atoms with van der Waals surface area (Å²) >= 11 is 0. The summed E-state index contributed by atoms with van der Waals surface area (Å²) in [6.07, 6.45) is -20.8. The fraction of sp³-hybridized carbons (Fsp3) is 0.409. The maximum absolute atomic E-state index is 13.5. The molecule has 386 valence electrons. The normalized spacial score (nSPS) is 16.1. The molecule has 0 N–H and O–H groups in total. The Morgan fingerprint density at radius 1 is 0.500 bits per heavy atom. The second-order valence-corrected chi connectivity index (χ2v) is 16.3. The number of esters is 2. The number of halogens is 12. The summed E-state index contributed by atoms with van der Waals surface area (Å²) in [5, 5.41) is 28.8. The second-order valence-electron chi connectivity index (χ2n) is 16.3. The van der Waals surface area contributed by atoms with Gasteiger partial charge in [-0.1, -0.05) is 56.9 Å². The molecule has 72 heavy (non-hydrogen) atoms. The van der Waals surface area contributed by atoms with Crippen molar-refractivity contribution in [3.05, 3.63) is 129 Å². The molecular weight excluding hydrogens is 993 g/mol. The van der Waals surface area contributed by atoms with E-state index >= 15 is 0 Å². The number of rotatable bonds is 18. The number of para-hydroxylation sites is 2. The number of hydrogen-bond acceptors (Lipinski definition) is 16. The fourth-order valence-corrected chi connectivity index (χ4v) is 7.11. The van der Waals surface area contributed by atoms with E-state index in [1.807, 2.05) is 0 Å². The van der Waals surface area contributed by atoms with E-state index in [9.17, 15) is 62.3 Å². The van der Waals surface area contributed by atoms with Crippen LogP contribution in [0.4, 0.5) is 52.7 Å². The summed E-state index contributed by atoms with van der Waals surface area (Å²) in [6.45, 7) is 2.04. The number of benzene rings is 4. The zero-order valence-corrected chi connectivity index (χ0v) is 37.9. The van der Waals surface area contributed by atoms with Crippen molar-refractivity contribution in [3.63, 3.8) is 0 Å². The standard InChI is InChI=1S/C44H40F12N10O6/c1-25(33-9-5-7-11-35(33)69-23-27-17-29(41(45,46)47)21-30(18-27)42(48,49)50)65(3)15-13-39(57-61-62-58-39)71-37(67)38(68)72-40(59-63-64-60-40)14-16-66(4)26(2)34-10-6-8-12-36(34)70-24-28-19-31(43(51,52)53)22-32(20-28)44(54,55)56/h5-12,17-22,25-26H,13-16,23-24H2,1-4H3. The van der Waals surface area contributed by atoms with Crippen LogP contribution in [0.1, 0.15) is 83.3 Å². The smallest absolute Gasteiger partial charge is 0.421 e. The third-order valence-electron chi connectivity index (χ3n) is 11.3. The van der Waals surface area contributed by atoms with Crippen LogP contribution in [0.5, 0.6) is 11.5 Å². The van der Waals surface area contributed by atoms with E-state index in [1.165, 1.54) is 12.1 Å². The first-order chi connectivity index (χ1) is 33.6. The van der Waals surface area contributed by atoms with Crippen molar-refractivity contribution in [1.82, 2.24) is 9.80 Å². The highest BCUT2D eigenvalue weighted by molar-refractivity contribution is 6.29. The van der Waals surface area contributed by atoms with Gasteiger partial charge in [0.05, 0.1) is 22.3 Å². The Morgan fingerprint density at radius 3 is 1.08 bits per heavy atom. The topological polar surface area (TPSA) is 176 Å².